The SMILES string of the molecule is N#Cc1ccc2cnccn12.c1ccc2c(c1)ccc1c3c(ccc12)CCCC3. The van der Waals surface area contributed by atoms with Crippen LogP contribution >= 0.6 is 0 Å². The summed E-state index contributed by atoms with van der Waals surface area (Å²) in [6.45, 7) is 0. The topological polar surface area (TPSA) is 41.1 Å². The molecule has 0 atom stereocenters. The van der Waals surface area contributed by atoms with Gasteiger partial charge in [0.1, 0.15) is 11.8 Å². The molecule has 0 bridgehead atoms. The maximum atomic E-state index is 8.63. The first-order valence-electron chi connectivity index (χ1n) is 10.1. The van der Waals surface area contributed by atoms with Crippen LogP contribution in [0, 0.1) is 11.3 Å². The van der Waals surface area contributed by atoms with Gasteiger partial charge in [-0.15, -0.1) is 0 Å². The maximum Gasteiger partial charge on any atom is 0.124 e. The Hall–Kier alpha value is -3.64. The second-order valence-corrected chi connectivity index (χ2v) is 7.49. The first kappa shape index (κ1) is 17.5. The number of aromatic nitrogens is 2. The maximum absolute atomic E-state index is 8.63. The summed E-state index contributed by atoms with van der Waals surface area (Å²) in [6.07, 6.45) is 10.4. The molecule has 29 heavy (non-hydrogen) atoms. The van der Waals surface area contributed by atoms with E-state index >= 15 is 0 Å². The lowest BCUT2D eigenvalue weighted by Gasteiger charge is -2.18. The Morgan fingerprint density at radius 1 is 0.828 bits per heavy atom. The van der Waals surface area contributed by atoms with Crippen LogP contribution < -0.4 is 0 Å². The highest BCUT2D eigenvalue weighted by molar-refractivity contribution is 6.08. The largest absolute Gasteiger partial charge is 0.305 e. The summed E-state index contributed by atoms with van der Waals surface area (Å²) in [6, 6.07) is 23.7. The fourth-order valence-corrected chi connectivity index (χ4v) is 4.39. The van der Waals surface area contributed by atoms with Crippen LogP contribution in [0.25, 0.3) is 27.1 Å². The third-order valence-corrected chi connectivity index (χ3v) is 5.83. The van der Waals surface area contributed by atoms with E-state index < -0.39 is 0 Å². The first-order valence-corrected chi connectivity index (χ1v) is 10.1. The Labute approximate surface area is 169 Å². The molecule has 2 heterocycles. The van der Waals surface area contributed by atoms with Crippen molar-refractivity contribution >= 4 is 27.1 Å². The average molecular weight is 375 g/mol. The van der Waals surface area contributed by atoms with E-state index in [1.807, 2.05) is 6.07 Å². The summed E-state index contributed by atoms with van der Waals surface area (Å²) in [7, 11) is 0. The van der Waals surface area contributed by atoms with E-state index in [9.17, 15) is 0 Å². The van der Waals surface area contributed by atoms with E-state index in [1.165, 1.54) is 47.2 Å². The highest BCUT2D eigenvalue weighted by Gasteiger charge is 2.13. The lowest BCUT2D eigenvalue weighted by molar-refractivity contribution is 0.690. The zero-order valence-electron chi connectivity index (χ0n) is 16.2. The van der Waals surface area contributed by atoms with Crippen LogP contribution in [0.2, 0.25) is 0 Å². The lowest BCUT2D eigenvalue weighted by atomic mass is 9.86. The molecular formula is C26H21N3. The van der Waals surface area contributed by atoms with Crippen LogP contribution in [-0.4, -0.2) is 9.38 Å². The molecule has 0 radical (unpaired) electrons. The summed E-state index contributed by atoms with van der Waals surface area (Å²) in [5.41, 5.74) is 4.76. The normalized spacial score (nSPS) is 12.9. The van der Waals surface area contributed by atoms with Crippen molar-refractivity contribution in [2.24, 2.45) is 0 Å². The number of benzene rings is 3. The number of hydrogen-bond acceptors (Lipinski definition) is 2. The molecule has 0 fully saturated rings. The summed E-state index contributed by atoms with van der Waals surface area (Å²) in [5.74, 6) is 0. The minimum atomic E-state index is 0.641. The van der Waals surface area contributed by atoms with Crippen LogP contribution in [0.1, 0.15) is 29.7 Å². The third kappa shape index (κ3) is 3.13. The minimum Gasteiger partial charge on any atom is -0.305 e. The predicted molar refractivity (Wildman–Crippen MR) is 118 cm³/mol. The molecule has 1 aliphatic carbocycles. The van der Waals surface area contributed by atoms with Crippen LogP contribution in [-0.2, 0) is 12.8 Å². The Balaban J connectivity index is 0.000000142. The van der Waals surface area contributed by atoms with E-state index in [-0.39, 0.29) is 0 Å². The fraction of sp³-hybridized carbons (Fsp3) is 0.154. The van der Waals surface area contributed by atoms with Crippen LogP contribution in [0.3, 0.4) is 0 Å². The molecule has 0 N–H and O–H groups in total. The van der Waals surface area contributed by atoms with Gasteiger partial charge in [0.25, 0.3) is 0 Å². The van der Waals surface area contributed by atoms with Crippen LogP contribution in [0.4, 0.5) is 0 Å². The van der Waals surface area contributed by atoms with E-state index in [2.05, 4.69) is 59.6 Å². The molecule has 2 aromatic heterocycles. The highest BCUT2D eigenvalue weighted by atomic mass is 14.9. The Morgan fingerprint density at radius 2 is 1.69 bits per heavy atom. The van der Waals surface area contributed by atoms with E-state index in [0.29, 0.717) is 5.69 Å². The van der Waals surface area contributed by atoms with Crippen molar-refractivity contribution in [2.75, 3.05) is 0 Å². The highest BCUT2D eigenvalue weighted by Crippen LogP contribution is 2.33. The van der Waals surface area contributed by atoms with Gasteiger partial charge in [-0.05, 0) is 70.5 Å². The van der Waals surface area contributed by atoms with Gasteiger partial charge in [-0.2, -0.15) is 5.26 Å². The zero-order chi connectivity index (χ0) is 19.6. The van der Waals surface area contributed by atoms with Gasteiger partial charge in [0.2, 0.25) is 0 Å². The molecule has 0 saturated carbocycles. The molecule has 0 unspecified atom stereocenters. The van der Waals surface area contributed by atoms with Crippen molar-refractivity contribution in [3.63, 3.8) is 0 Å². The molecule has 0 saturated heterocycles. The van der Waals surface area contributed by atoms with Crippen molar-refractivity contribution in [2.45, 2.75) is 25.7 Å². The quantitative estimate of drug-likeness (QED) is 0.308. The Bertz CT molecular complexity index is 1370. The van der Waals surface area contributed by atoms with Crippen LogP contribution in [0.5, 0.6) is 0 Å². The Kier molecular flexibility index (Phi) is 4.46. The summed E-state index contributed by atoms with van der Waals surface area (Å²) in [4.78, 5) is 3.93. The molecular weight excluding hydrogens is 354 g/mol. The van der Waals surface area contributed by atoms with Gasteiger partial charge in [-0.1, -0.05) is 48.5 Å². The molecule has 1 aliphatic rings. The minimum absolute atomic E-state index is 0.641. The van der Waals surface area contributed by atoms with Gasteiger partial charge < -0.3 is 4.40 Å². The monoisotopic (exact) mass is 375 g/mol. The van der Waals surface area contributed by atoms with Gasteiger partial charge in [0, 0.05) is 12.4 Å². The van der Waals surface area contributed by atoms with E-state index in [1.54, 1.807) is 40.2 Å². The van der Waals surface area contributed by atoms with Gasteiger partial charge in [-0.3, -0.25) is 4.98 Å². The van der Waals surface area contributed by atoms with Gasteiger partial charge in [-0.25, -0.2) is 0 Å². The second-order valence-electron chi connectivity index (χ2n) is 7.49. The molecule has 3 nitrogen and oxygen atoms in total. The molecule has 0 aliphatic heterocycles. The summed E-state index contributed by atoms with van der Waals surface area (Å²) in [5, 5.41) is 14.3. The van der Waals surface area contributed by atoms with Gasteiger partial charge in [0.15, 0.2) is 0 Å². The lowest BCUT2D eigenvalue weighted by Crippen LogP contribution is -2.02. The average Bonchev–Trinajstić information content (AvgIpc) is 3.22. The molecule has 5 aromatic rings. The van der Waals surface area contributed by atoms with Crippen molar-refractivity contribution in [1.29, 1.82) is 5.26 Å². The van der Waals surface area contributed by atoms with Crippen molar-refractivity contribution in [3.8, 4) is 6.07 Å². The molecule has 3 aromatic carbocycles. The Morgan fingerprint density at radius 3 is 2.62 bits per heavy atom. The predicted octanol–water partition coefficient (Wildman–Crippen LogP) is 6.08. The fourth-order valence-electron chi connectivity index (χ4n) is 4.39. The molecule has 6 rings (SSSR count). The standard InChI is InChI=1S/C18H16.C8H5N3/c1-3-7-15-13(5-1)9-11-18-16-8-4-2-6-14(16)10-12-17(15)18;9-5-7-1-2-8-6-10-3-4-11(7)8/h1,3,5,7,9-12H,2,4,6,8H2;1-4,6H. The zero-order valence-corrected chi connectivity index (χ0v) is 16.2. The second kappa shape index (κ2) is 7.41. The summed E-state index contributed by atoms with van der Waals surface area (Å²) >= 11 is 0. The molecule has 3 heteroatoms. The number of hydrogen-bond donors (Lipinski definition) is 0. The number of aryl methyl sites for hydroxylation is 2. The number of nitrogens with zero attached hydrogens (tertiary/aromatic N) is 3. The number of rotatable bonds is 0. The summed E-state index contributed by atoms with van der Waals surface area (Å²) < 4.78 is 1.80. The molecule has 0 spiro atoms. The van der Waals surface area contributed by atoms with Crippen molar-refractivity contribution < 1.29 is 0 Å². The molecule has 0 amide bonds. The van der Waals surface area contributed by atoms with Crippen molar-refractivity contribution in [1.82, 2.24) is 9.38 Å². The third-order valence-electron chi connectivity index (χ3n) is 5.83. The number of fused-ring (bicyclic) bond motifs is 6. The number of nitriles is 1. The van der Waals surface area contributed by atoms with Crippen LogP contribution in [0.15, 0.2) is 79.3 Å². The van der Waals surface area contributed by atoms with Crippen molar-refractivity contribution in [3.05, 3.63) is 96.1 Å². The van der Waals surface area contributed by atoms with Gasteiger partial charge in [0.05, 0.1) is 11.7 Å². The van der Waals surface area contributed by atoms with E-state index in [4.69, 9.17) is 5.26 Å². The smallest absolute Gasteiger partial charge is 0.124 e. The first-order chi connectivity index (χ1) is 14.3. The van der Waals surface area contributed by atoms with E-state index in [0.717, 1.165) is 5.52 Å². The molecule has 140 valence electrons. The van der Waals surface area contributed by atoms with Gasteiger partial charge >= 0.3 is 0 Å².